The van der Waals surface area contributed by atoms with Crippen molar-refractivity contribution in [1.82, 2.24) is 0 Å². The standard InChI is InChI=1S/2C15H17FO4.C14H22N2O2.C11H11FO2.C4H6N2O2/c2*1-3-19-14(18)13-8-15(13,9-20-10(2)17)11-5-4-6-12(16)7-11;1-9-7-17-11(15-9)14(5-6-14)12-16-10(8-18-12)13(2,3)4;1-8(7-14-9(2)13)10-4-3-5-11(12)6-10;1-2-4(8)6-5-3-7/h2*4-7,13H,3,8-9H2,1-2H3;9-10H,5-8H2,1-4H3;3-6H,1,7H2,2H3;3H,2H2,1H3/t13-,15+;13-,15-;9-,10+;;/m010../s1. The van der Waals surface area contributed by atoms with Crippen LogP contribution in [0.25, 0.3) is 5.57 Å². The van der Waals surface area contributed by atoms with Crippen molar-refractivity contribution in [3.8, 4) is 0 Å². The van der Waals surface area contributed by atoms with Crippen molar-refractivity contribution in [3.63, 3.8) is 0 Å². The summed E-state index contributed by atoms with van der Waals surface area (Å²) in [7, 11) is 0. The zero-order valence-electron chi connectivity index (χ0n) is 47.1. The quantitative estimate of drug-likeness (QED) is 0.0530. The highest BCUT2D eigenvalue weighted by molar-refractivity contribution is 6.09. The van der Waals surface area contributed by atoms with Gasteiger partial charge in [0.05, 0.1) is 37.1 Å². The van der Waals surface area contributed by atoms with Gasteiger partial charge in [-0.05, 0) is 111 Å². The molecule has 3 fully saturated rings. The molecule has 8 rings (SSSR count). The Labute approximate surface area is 464 Å². The van der Waals surface area contributed by atoms with E-state index in [-0.39, 0.29) is 109 Å². The highest BCUT2D eigenvalue weighted by Crippen LogP contribution is 2.56. The summed E-state index contributed by atoms with van der Waals surface area (Å²) in [4.78, 5) is 85.2. The molecule has 3 aliphatic carbocycles. The molecule has 2 aliphatic heterocycles. The van der Waals surface area contributed by atoms with Crippen molar-refractivity contribution in [2.45, 2.75) is 124 Å². The molecule has 0 saturated heterocycles. The highest BCUT2D eigenvalue weighted by Gasteiger charge is 2.62. The first-order chi connectivity index (χ1) is 37.8. The van der Waals surface area contributed by atoms with Gasteiger partial charge >= 0.3 is 29.8 Å². The van der Waals surface area contributed by atoms with Crippen molar-refractivity contribution in [3.05, 3.63) is 114 Å². The zero-order chi connectivity index (χ0) is 59.4. The van der Waals surface area contributed by atoms with E-state index in [0.29, 0.717) is 61.5 Å². The minimum absolute atomic E-state index is 0.0647. The predicted molar refractivity (Wildman–Crippen MR) is 288 cm³/mol. The lowest BCUT2D eigenvalue weighted by molar-refractivity contribution is -0.147. The number of rotatable bonds is 17. The van der Waals surface area contributed by atoms with Crippen LogP contribution in [0.15, 0.2) is 99.6 Å². The van der Waals surface area contributed by atoms with Gasteiger partial charge in [0.15, 0.2) is 11.8 Å². The second-order valence-corrected chi connectivity index (χ2v) is 20.7. The van der Waals surface area contributed by atoms with E-state index in [4.69, 9.17) is 38.2 Å². The third-order valence-corrected chi connectivity index (χ3v) is 13.4. The first-order valence-corrected chi connectivity index (χ1v) is 26.3. The van der Waals surface area contributed by atoms with Gasteiger partial charge in [-0.1, -0.05) is 70.7 Å². The predicted octanol–water partition coefficient (Wildman–Crippen LogP) is 9.78. The summed E-state index contributed by atoms with van der Waals surface area (Å²) >= 11 is 0. The maximum Gasteiger partial charge on any atom is 0.309 e. The fourth-order valence-corrected chi connectivity index (χ4v) is 8.49. The van der Waals surface area contributed by atoms with Crippen molar-refractivity contribution in [1.29, 1.82) is 0 Å². The molecule has 3 aromatic rings. The minimum atomic E-state index is -0.653. The zero-order valence-corrected chi connectivity index (χ0v) is 47.1. The number of hydrogen-bond acceptors (Lipinski definition) is 16. The number of ether oxygens (including phenoxy) is 7. The number of nitrogens with zero attached hydrogens (tertiary/aromatic N) is 4. The van der Waals surface area contributed by atoms with Gasteiger partial charge in [-0.2, -0.15) is 0 Å². The van der Waals surface area contributed by atoms with E-state index in [1.165, 1.54) is 57.2 Å². The van der Waals surface area contributed by atoms with E-state index in [9.17, 15) is 46.7 Å². The summed E-state index contributed by atoms with van der Waals surface area (Å²) in [5.41, 5.74) is 1.30. The Morgan fingerprint density at radius 1 is 0.688 bits per heavy atom. The average molecular weight is 1120 g/mol. The smallest absolute Gasteiger partial charge is 0.309 e. The fraction of sp³-hybridized carbons (Fsp3) is 0.508. The summed E-state index contributed by atoms with van der Waals surface area (Å²) in [5, 5.41) is 5.82. The molecule has 6 atom stereocenters. The van der Waals surface area contributed by atoms with Gasteiger partial charge in [0.2, 0.25) is 0 Å². The van der Waals surface area contributed by atoms with Gasteiger partial charge in [-0.3, -0.25) is 33.6 Å². The number of hydrogen-bond donors (Lipinski definition) is 0. The van der Waals surface area contributed by atoms with Crippen LogP contribution >= 0.6 is 0 Å². The Balaban J connectivity index is 0.000000221. The molecule has 0 spiro atoms. The normalized spacial score (nSPS) is 22.2. The SMILES string of the molecule is C=C(COC(C)=O)c1cccc(F)c1.CCC(=O)N=NC=O.CCOC(=O)[C@@H]1C[C@@]1(COC(C)=O)c1cccc(F)c1.CCOC(=O)[C@H]1C[C@@]1(COC(C)=O)c1cccc(F)c1.C[C@H]1COC(C2(C3=N[C@@H](C(C)(C)C)CO3)CC2)=N1. The monoisotopic (exact) mass is 1120 g/mol. The summed E-state index contributed by atoms with van der Waals surface area (Å²) in [6.45, 7) is 23.7. The van der Waals surface area contributed by atoms with Crippen LogP contribution in [-0.2, 0) is 77.5 Å². The molecule has 3 saturated carbocycles. The molecule has 0 aromatic heterocycles. The molecule has 0 bridgehead atoms. The Morgan fingerprint density at radius 2 is 1.15 bits per heavy atom. The van der Waals surface area contributed by atoms with Gasteiger partial charge in [0.25, 0.3) is 12.3 Å². The number of carbonyl (C=O) groups excluding carboxylic acids is 7. The van der Waals surface area contributed by atoms with Crippen LogP contribution in [0.4, 0.5) is 13.2 Å². The lowest BCUT2D eigenvalue weighted by Crippen LogP contribution is -2.26. The van der Waals surface area contributed by atoms with Crippen LogP contribution in [0.3, 0.4) is 0 Å². The van der Waals surface area contributed by atoms with Crippen molar-refractivity contribution in [2.24, 2.45) is 42.9 Å². The van der Waals surface area contributed by atoms with Crippen LogP contribution in [-0.4, -0.2) is 112 Å². The Hall–Kier alpha value is -7.58. The second kappa shape index (κ2) is 29.6. The van der Waals surface area contributed by atoms with E-state index >= 15 is 0 Å². The number of esters is 5. The molecule has 80 heavy (non-hydrogen) atoms. The van der Waals surface area contributed by atoms with Crippen LogP contribution in [0.5, 0.6) is 0 Å². The molecule has 2 heterocycles. The summed E-state index contributed by atoms with van der Waals surface area (Å²) in [6, 6.07) is 18.6. The maximum atomic E-state index is 13.4. The first-order valence-electron chi connectivity index (χ1n) is 26.3. The molecule has 21 heteroatoms. The number of amides is 2. The number of benzene rings is 3. The maximum absolute atomic E-state index is 13.4. The summed E-state index contributed by atoms with van der Waals surface area (Å²) in [5.74, 6) is -2.37. The van der Waals surface area contributed by atoms with Crippen LogP contribution in [0.2, 0.25) is 0 Å². The third kappa shape index (κ3) is 18.8. The van der Waals surface area contributed by atoms with E-state index in [2.05, 4.69) is 49.5 Å². The average Bonchev–Trinajstić information content (AvgIpc) is 4.53. The lowest BCUT2D eigenvalue weighted by Gasteiger charge is -2.22. The number of aliphatic imine (C=N–C) groups is 2. The molecule has 434 valence electrons. The van der Waals surface area contributed by atoms with Gasteiger partial charge in [-0.15, -0.1) is 10.2 Å². The van der Waals surface area contributed by atoms with Gasteiger partial charge in [0.1, 0.15) is 55.9 Å². The number of azo groups is 1. The van der Waals surface area contributed by atoms with E-state index in [1.807, 2.05) is 0 Å². The van der Waals surface area contributed by atoms with Gasteiger partial charge in [0, 0.05) is 38.0 Å². The molecular weight excluding hydrogens is 1050 g/mol. The van der Waals surface area contributed by atoms with Crippen molar-refractivity contribution >= 4 is 59.5 Å². The third-order valence-electron chi connectivity index (χ3n) is 13.4. The Morgan fingerprint density at radius 3 is 1.52 bits per heavy atom. The number of carbonyl (C=O) groups is 7. The largest absolute Gasteiger partial charge is 0.478 e. The van der Waals surface area contributed by atoms with Gasteiger partial charge in [-0.25, -0.2) is 23.2 Å². The van der Waals surface area contributed by atoms with Crippen molar-refractivity contribution in [2.75, 3.05) is 46.2 Å². The number of halogens is 3. The molecular formula is C59H73F3N4O14. The molecule has 0 N–H and O–H groups in total. The topological polar surface area (TPSA) is 234 Å². The lowest BCUT2D eigenvalue weighted by atomic mass is 9.88. The van der Waals surface area contributed by atoms with Crippen LogP contribution < -0.4 is 0 Å². The van der Waals surface area contributed by atoms with E-state index in [1.54, 1.807) is 57.2 Å². The summed E-state index contributed by atoms with van der Waals surface area (Å²) in [6.07, 6.45) is 3.65. The Bertz CT molecular complexity index is 2700. The van der Waals surface area contributed by atoms with Crippen molar-refractivity contribution < 1.29 is 79.9 Å². The van der Waals surface area contributed by atoms with E-state index < -0.39 is 22.8 Å². The highest BCUT2D eigenvalue weighted by atomic mass is 19.1. The Kier molecular flexibility index (Phi) is 24.0. The molecule has 2 amide bonds. The molecule has 0 unspecified atom stereocenters. The summed E-state index contributed by atoms with van der Waals surface area (Å²) < 4.78 is 76.0. The minimum Gasteiger partial charge on any atom is -0.478 e. The second-order valence-electron chi connectivity index (χ2n) is 20.7. The van der Waals surface area contributed by atoms with Crippen LogP contribution in [0, 0.1) is 40.1 Å². The van der Waals surface area contributed by atoms with E-state index in [0.717, 1.165) is 24.6 Å². The fourth-order valence-electron chi connectivity index (χ4n) is 8.49. The first kappa shape index (κ1) is 64.9. The molecule has 0 radical (unpaired) electrons. The van der Waals surface area contributed by atoms with Crippen LogP contribution in [0.1, 0.15) is 118 Å². The molecule has 5 aliphatic rings. The molecule has 3 aromatic carbocycles. The molecule has 18 nitrogen and oxygen atoms in total. The van der Waals surface area contributed by atoms with Gasteiger partial charge < -0.3 is 33.2 Å².